The molecule has 0 spiro atoms. The van der Waals surface area contributed by atoms with Crippen molar-refractivity contribution < 1.29 is 9.94 Å². The molecule has 5 nitrogen and oxygen atoms in total. The molecule has 94 valence electrons. The van der Waals surface area contributed by atoms with Crippen LogP contribution >= 0.6 is 11.6 Å². The van der Waals surface area contributed by atoms with Gasteiger partial charge in [-0.05, 0) is 25.1 Å². The average Bonchev–Trinajstić information content (AvgIpc) is 2.29. The van der Waals surface area contributed by atoms with Crippen LogP contribution in [-0.4, -0.2) is 24.2 Å². The third kappa shape index (κ3) is 4.03. The molecule has 0 aliphatic carbocycles. The second-order valence-electron chi connectivity index (χ2n) is 3.69. The summed E-state index contributed by atoms with van der Waals surface area (Å²) in [6.07, 6.45) is 0.445. The first-order chi connectivity index (χ1) is 8.06. The van der Waals surface area contributed by atoms with E-state index in [0.29, 0.717) is 17.2 Å². The van der Waals surface area contributed by atoms with Gasteiger partial charge in [-0.1, -0.05) is 16.8 Å². The van der Waals surface area contributed by atoms with E-state index >= 15 is 0 Å². The monoisotopic (exact) mass is 257 g/mol. The summed E-state index contributed by atoms with van der Waals surface area (Å²) in [5, 5.41) is 15.1. The largest absolute Gasteiger partial charge is 0.495 e. The van der Waals surface area contributed by atoms with Crippen LogP contribution in [0.4, 0.5) is 5.69 Å². The maximum Gasteiger partial charge on any atom is 0.141 e. The van der Waals surface area contributed by atoms with Gasteiger partial charge in [0.15, 0.2) is 0 Å². The number of hydrogen-bond donors (Lipinski definition) is 3. The fourth-order valence-electron chi connectivity index (χ4n) is 1.45. The van der Waals surface area contributed by atoms with Crippen LogP contribution < -0.4 is 15.8 Å². The summed E-state index contributed by atoms with van der Waals surface area (Å²) in [4.78, 5) is 0. The number of halogens is 1. The SMILES string of the molecule is COc1ccc(NC(C)CC(N)=NO)cc1Cl. The number of anilines is 1. The fraction of sp³-hybridized carbons (Fsp3) is 0.364. The number of benzene rings is 1. The number of nitrogens with zero attached hydrogens (tertiary/aromatic N) is 1. The number of amidine groups is 1. The van der Waals surface area contributed by atoms with Gasteiger partial charge in [-0.3, -0.25) is 0 Å². The number of methoxy groups -OCH3 is 1. The first-order valence-electron chi connectivity index (χ1n) is 5.13. The molecular formula is C11H16ClN3O2. The fourth-order valence-corrected chi connectivity index (χ4v) is 1.70. The van der Waals surface area contributed by atoms with E-state index in [0.717, 1.165) is 5.69 Å². The quantitative estimate of drug-likeness (QED) is 0.327. The highest BCUT2D eigenvalue weighted by Crippen LogP contribution is 2.27. The molecule has 4 N–H and O–H groups in total. The predicted molar refractivity (Wildman–Crippen MR) is 69.1 cm³/mol. The molecule has 0 saturated carbocycles. The second kappa shape index (κ2) is 6.20. The van der Waals surface area contributed by atoms with Crippen molar-refractivity contribution in [2.45, 2.75) is 19.4 Å². The number of hydrogen-bond acceptors (Lipinski definition) is 4. The van der Waals surface area contributed by atoms with Crippen LogP contribution in [0, 0.1) is 0 Å². The first-order valence-corrected chi connectivity index (χ1v) is 5.51. The van der Waals surface area contributed by atoms with Gasteiger partial charge in [-0.2, -0.15) is 0 Å². The molecule has 1 rings (SSSR count). The molecule has 0 fully saturated rings. The molecule has 1 aromatic rings. The van der Waals surface area contributed by atoms with Crippen LogP contribution in [0.5, 0.6) is 5.75 Å². The van der Waals surface area contributed by atoms with Crippen molar-refractivity contribution in [2.24, 2.45) is 10.9 Å². The minimum Gasteiger partial charge on any atom is -0.495 e. The Hall–Kier alpha value is -1.62. The van der Waals surface area contributed by atoms with Gasteiger partial charge in [0.05, 0.1) is 12.1 Å². The van der Waals surface area contributed by atoms with E-state index in [1.165, 1.54) is 0 Å². The van der Waals surface area contributed by atoms with E-state index in [4.69, 9.17) is 27.3 Å². The van der Waals surface area contributed by atoms with Crippen LogP contribution in [0.2, 0.25) is 5.02 Å². The summed E-state index contributed by atoms with van der Waals surface area (Å²) in [6, 6.07) is 5.44. The van der Waals surface area contributed by atoms with Crippen LogP contribution in [0.25, 0.3) is 0 Å². The molecule has 0 aliphatic heterocycles. The second-order valence-corrected chi connectivity index (χ2v) is 4.10. The van der Waals surface area contributed by atoms with Crippen molar-refractivity contribution in [3.63, 3.8) is 0 Å². The minimum atomic E-state index is 0.0374. The molecule has 0 bridgehead atoms. The van der Waals surface area contributed by atoms with Gasteiger partial charge in [-0.15, -0.1) is 0 Å². The van der Waals surface area contributed by atoms with Crippen LogP contribution in [0.3, 0.4) is 0 Å². The van der Waals surface area contributed by atoms with Crippen molar-refractivity contribution in [2.75, 3.05) is 12.4 Å². The molecular weight excluding hydrogens is 242 g/mol. The molecule has 0 saturated heterocycles. The van der Waals surface area contributed by atoms with E-state index in [1.807, 2.05) is 13.0 Å². The Kier molecular flexibility index (Phi) is 4.90. The van der Waals surface area contributed by atoms with Gasteiger partial charge in [0.2, 0.25) is 0 Å². The topological polar surface area (TPSA) is 79.9 Å². The zero-order chi connectivity index (χ0) is 12.8. The lowest BCUT2D eigenvalue weighted by Gasteiger charge is -2.15. The number of ether oxygens (including phenoxy) is 1. The number of oxime groups is 1. The molecule has 1 atom stereocenters. The summed E-state index contributed by atoms with van der Waals surface area (Å²) in [7, 11) is 1.56. The smallest absolute Gasteiger partial charge is 0.141 e. The van der Waals surface area contributed by atoms with Gasteiger partial charge in [-0.25, -0.2) is 0 Å². The van der Waals surface area contributed by atoms with E-state index in [1.54, 1.807) is 19.2 Å². The predicted octanol–water partition coefficient (Wildman–Crippen LogP) is 2.29. The lowest BCUT2D eigenvalue weighted by Crippen LogP contribution is -2.24. The summed E-state index contributed by atoms with van der Waals surface area (Å²) in [6.45, 7) is 1.93. The average molecular weight is 258 g/mol. The van der Waals surface area contributed by atoms with Crippen LogP contribution in [0.15, 0.2) is 23.4 Å². The highest BCUT2D eigenvalue weighted by atomic mass is 35.5. The van der Waals surface area contributed by atoms with Gasteiger partial charge in [0.25, 0.3) is 0 Å². The van der Waals surface area contributed by atoms with Gasteiger partial charge < -0.3 is 21.0 Å². The molecule has 1 unspecified atom stereocenters. The van der Waals surface area contributed by atoms with E-state index in [9.17, 15) is 0 Å². The molecule has 0 aliphatic rings. The summed E-state index contributed by atoms with van der Waals surface area (Å²) in [5.74, 6) is 0.811. The Morgan fingerprint density at radius 3 is 2.88 bits per heavy atom. The van der Waals surface area contributed by atoms with Gasteiger partial charge in [0, 0.05) is 18.2 Å². The third-order valence-corrected chi connectivity index (χ3v) is 2.50. The van der Waals surface area contributed by atoms with Gasteiger partial charge >= 0.3 is 0 Å². The Bertz CT molecular complexity index is 410. The van der Waals surface area contributed by atoms with Crippen LogP contribution in [-0.2, 0) is 0 Å². The van der Waals surface area contributed by atoms with Gasteiger partial charge in [0.1, 0.15) is 11.6 Å². The third-order valence-electron chi connectivity index (χ3n) is 2.21. The summed E-state index contributed by atoms with van der Waals surface area (Å²) >= 11 is 5.99. The molecule has 17 heavy (non-hydrogen) atoms. The van der Waals surface area contributed by atoms with Crippen molar-refractivity contribution in [1.29, 1.82) is 0 Å². The van der Waals surface area contributed by atoms with Crippen molar-refractivity contribution in [3.05, 3.63) is 23.2 Å². The Balaban J connectivity index is 2.66. The molecule has 0 heterocycles. The summed E-state index contributed by atoms with van der Waals surface area (Å²) < 4.78 is 5.05. The highest BCUT2D eigenvalue weighted by molar-refractivity contribution is 6.32. The Morgan fingerprint density at radius 2 is 2.35 bits per heavy atom. The lowest BCUT2D eigenvalue weighted by molar-refractivity contribution is 0.316. The van der Waals surface area contributed by atoms with Crippen molar-refractivity contribution >= 4 is 23.1 Å². The molecule has 6 heteroatoms. The summed E-state index contributed by atoms with van der Waals surface area (Å²) in [5.41, 5.74) is 6.27. The number of nitrogens with one attached hydrogen (secondary N) is 1. The maximum atomic E-state index is 8.46. The molecule has 0 radical (unpaired) electrons. The van der Waals surface area contributed by atoms with Crippen molar-refractivity contribution in [3.8, 4) is 5.75 Å². The van der Waals surface area contributed by atoms with Crippen LogP contribution in [0.1, 0.15) is 13.3 Å². The van der Waals surface area contributed by atoms with E-state index in [2.05, 4.69) is 10.5 Å². The minimum absolute atomic E-state index is 0.0374. The Labute approximate surface area is 105 Å². The lowest BCUT2D eigenvalue weighted by atomic mass is 10.2. The van der Waals surface area contributed by atoms with E-state index in [-0.39, 0.29) is 11.9 Å². The molecule has 0 amide bonds. The standard InChI is InChI=1S/C11H16ClN3O2/c1-7(5-11(13)15-16)14-8-3-4-10(17-2)9(12)6-8/h3-4,6-7,14,16H,5H2,1-2H3,(H2,13,15). The zero-order valence-electron chi connectivity index (χ0n) is 9.77. The maximum absolute atomic E-state index is 8.46. The molecule has 1 aromatic carbocycles. The first kappa shape index (κ1) is 13.4. The van der Waals surface area contributed by atoms with Crippen molar-refractivity contribution in [1.82, 2.24) is 0 Å². The zero-order valence-corrected chi connectivity index (χ0v) is 10.5. The number of nitrogens with two attached hydrogens (primary N) is 1. The Morgan fingerprint density at radius 1 is 1.65 bits per heavy atom. The van der Waals surface area contributed by atoms with E-state index < -0.39 is 0 Å². The highest BCUT2D eigenvalue weighted by Gasteiger charge is 2.07. The number of rotatable bonds is 5. The normalized spacial score (nSPS) is 13.2. The molecule has 0 aromatic heterocycles.